The molecule has 3 nitrogen and oxygen atoms in total. The van der Waals surface area contributed by atoms with Crippen molar-refractivity contribution in [3.63, 3.8) is 0 Å². The van der Waals surface area contributed by atoms with E-state index in [9.17, 15) is 29.4 Å². The van der Waals surface area contributed by atoms with Gasteiger partial charge >= 0.3 is 48.0 Å². The Balaban J connectivity index is 0. The number of hydrogen-bond donors (Lipinski definition) is 1. The van der Waals surface area contributed by atoms with Crippen molar-refractivity contribution in [3.8, 4) is 0 Å². The van der Waals surface area contributed by atoms with E-state index in [-0.39, 0.29) is 23.8 Å². The van der Waals surface area contributed by atoms with Crippen LogP contribution in [0.1, 0.15) is 5.56 Å². The Labute approximate surface area is 113 Å². The van der Waals surface area contributed by atoms with Gasteiger partial charge in [0, 0.05) is 0 Å². The summed E-state index contributed by atoms with van der Waals surface area (Å²) >= 11 is 0. The molecular weight excluding hydrogens is 297 g/mol. The van der Waals surface area contributed by atoms with Crippen LogP contribution < -0.4 is 0 Å². The van der Waals surface area contributed by atoms with Crippen molar-refractivity contribution >= 4 is 37.1 Å². The van der Waals surface area contributed by atoms with E-state index in [1.807, 2.05) is 0 Å². The van der Waals surface area contributed by atoms with Crippen molar-refractivity contribution < 1.29 is 34.0 Å². The predicted molar refractivity (Wildman–Crippen MR) is 60.6 cm³/mol. The van der Waals surface area contributed by atoms with Crippen LogP contribution in [0.5, 0.6) is 0 Å². The van der Waals surface area contributed by atoms with E-state index in [1.54, 1.807) is 25.1 Å². The van der Waals surface area contributed by atoms with Gasteiger partial charge in [-0.1, -0.05) is 18.2 Å². The van der Waals surface area contributed by atoms with Crippen LogP contribution in [-0.4, -0.2) is 31.8 Å². The maximum absolute atomic E-state index is 10.6. The third kappa shape index (κ3) is 12.3. The van der Waals surface area contributed by atoms with E-state index in [0.717, 1.165) is 0 Å². The molecule has 11 heteroatoms. The van der Waals surface area contributed by atoms with Crippen molar-refractivity contribution in [2.75, 3.05) is 0 Å². The van der Waals surface area contributed by atoms with Crippen molar-refractivity contribution in [3.05, 3.63) is 29.8 Å². The number of hydrogen-bond acceptors (Lipinski definition) is 2. The molecule has 0 saturated heterocycles. The van der Waals surface area contributed by atoms with E-state index in [4.69, 9.17) is 4.55 Å². The van der Waals surface area contributed by atoms with Gasteiger partial charge in [-0.25, -0.2) is 0 Å². The molecule has 0 bridgehead atoms. The van der Waals surface area contributed by atoms with E-state index in [2.05, 4.69) is 0 Å². The fraction of sp³-hybridized carbons (Fsp3) is 0.143. The van der Waals surface area contributed by atoms with Crippen molar-refractivity contribution in [2.24, 2.45) is 0 Å². The number of rotatable bonds is 1. The van der Waals surface area contributed by atoms with Gasteiger partial charge in [0.1, 0.15) is 0 Å². The summed E-state index contributed by atoms with van der Waals surface area (Å²) in [7, 11) is -12.6. The molecule has 102 valence electrons. The quantitative estimate of drug-likeness (QED) is 0.373. The third-order valence-corrected chi connectivity index (χ3v) is 2.39. The Morgan fingerprint density at radius 3 is 1.61 bits per heavy atom. The first-order chi connectivity index (χ1) is 7.25. The molecule has 0 aliphatic heterocycles. The van der Waals surface area contributed by atoms with Gasteiger partial charge in [0.05, 0.1) is 4.90 Å². The van der Waals surface area contributed by atoms with Crippen LogP contribution in [0.25, 0.3) is 0 Å². The van der Waals surface area contributed by atoms with Crippen LogP contribution >= 0.6 is 8.16 Å². The fourth-order valence-corrected chi connectivity index (χ4v) is 1.57. The molecule has 0 atom stereocenters. The van der Waals surface area contributed by atoms with Crippen LogP contribution in [0.3, 0.4) is 0 Å². The van der Waals surface area contributed by atoms with Gasteiger partial charge in [0.2, 0.25) is 0 Å². The molecule has 1 N–H and O–H groups in total. The van der Waals surface area contributed by atoms with Gasteiger partial charge in [-0.15, -0.1) is 0 Å². The SMILES string of the molecule is Cc1ccccc1S(=O)(=O)O.FP(F)(F)(F)F.[LiH]. The molecule has 1 aromatic carbocycles. The van der Waals surface area contributed by atoms with Crippen LogP contribution in [0.2, 0.25) is 0 Å². The van der Waals surface area contributed by atoms with E-state index in [0.29, 0.717) is 5.56 Å². The third-order valence-electron chi connectivity index (χ3n) is 1.37. The Hall–Kier alpha value is -0.193. The summed E-state index contributed by atoms with van der Waals surface area (Å²) in [5.41, 5.74) is 0.551. The molecule has 0 radical (unpaired) electrons. The van der Waals surface area contributed by atoms with Crippen molar-refractivity contribution in [2.45, 2.75) is 11.8 Å². The van der Waals surface area contributed by atoms with Gasteiger partial charge in [-0.05, 0) is 18.6 Å². The molecule has 0 heterocycles. The molecule has 0 unspecified atom stereocenters. The Morgan fingerprint density at radius 2 is 1.39 bits per heavy atom. The van der Waals surface area contributed by atoms with E-state index < -0.39 is 18.3 Å². The summed E-state index contributed by atoms with van der Waals surface area (Å²) in [6.45, 7) is 1.63. The standard InChI is InChI=1S/C7H8O3S.F5P.Li.H/c1-6-4-2-3-5-7(6)11(8,9)10;1-6(2,3,4)5;;/h2-5H,1H3,(H,8,9,10);;;. The molecule has 1 rings (SSSR count). The van der Waals surface area contributed by atoms with Gasteiger partial charge in [0.15, 0.2) is 0 Å². The van der Waals surface area contributed by atoms with Gasteiger partial charge in [-0.3, -0.25) is 4.55 Å². The minimum atomic E-state index is -8.55. The topological polar surface area (TPSA) is 54.4 Å². The summed E-state index contributed by atoms with van der Waals surface area (Å²) in [6.07, 6.45) is 0. The van der Waals surface area contributed by atoms with Crippen LogP contribution in [0.15, 0.2) is 29.2 Å². The fourth-order valence-electron chi connectivity index (χ4n) is 0.846. The second kappa shape index (κ2) is 6.31. The predicted octanol–water partition coefficient (Wildman–Crippen LogP) is 3.56. The molecule has 0 amide bonds. The maximum atomic E-state index is 10.6. The summed E-state index contributed by atoms with van der Waals surface area (Å²) < 4.78 is 79.1. The summed E-state index contributed by atoms with van der Waals surface area (Å²) in [5.74, 6) is 0. The first-order valence-electron chi connectivity index (χ1n) is 3.89. The second-order valence-electron chi connectivity index (χ2n) is 2.88. The summed E-state index contributed by atoms with van der Waals surface area (Å²) in [5, 5.41) is 0. The summed E-state index contributed by atoms with van der Waals surface area (Å²) in [4.78, 5) is -0.0278. The molecule has 0 aliphatic carbocycles. The molecule has 18 heavy (non-hydrogen) atoms. The average molecular weight is 306 g/mol. The number of halogens is 5. The Morgan fingerprint density at radius 1 is 1.06 bits per heavy atom. The van der Waals surface area contributed by atoms with Crippen molar-refractivity contribution in [1.29, 1.82) is 0 Å². The molecule has 0 fully saturated rings. The average Bonchev–Trinajstić information content (AvgIpc) is 1.97. The van der Waals surface area contributed by atoms with Gasteiger partial charge < -0.3 is 0 Å². The zero-order chi connectivity index (χ0) is 13.9. The Bertz CT molecular complexity index is 482. The van der Waals surface area contributed by atoms with Crippen LogP contribution in [-0.2, 0) is 10.1 Å². The van der Waals surface area contributed by atoms with Gasteiger partial charge in [0.25, 0.3) is 10.1 Å². The molecule has 0 aliphatic rings. The first kappa shape index (κ1) is 20.1. The van der Waals surface area contributed by atoms with E-state index >= 15 is 0 Å². The van der Waals surface area contributed by atoms with E-state index in [1.165, 1.54) is 6.07 Å². The number of benzene rings is 1. The van der Waals surface area contributed by atoms with Gasteiger partial charge in [-0.2, -0.15) is 8.42 Å². The second-order valence-corrected chi connectivity index (χ2v) is 5.55. The summed E-state index contributed by atoms with van der Waals surface area (Å²) in [6, 6.07) is 6.27. The monoisotopic (exact) mass is 306 g/mol. The van der Waals surface area contributed by atoms with Crippen LogP contribution in [0, 0.1) is 6.92 Å². The zero-order valence-corrected chi connectivity index (χ0v) is 10.0. The zero-order valence-electron chi connectivity index (χ0n) is 8.32. The Kier molecular flexibility index (Phi) is 7.05. The molecule has 0 aromatic heterocycles. The molecule has 1 aromatic rings. The van der Waals surface area contributed by atoms with Crippen LogP contribution in [0.4, 0.5) is 21.0 Å². The molecule has 0 spiro atoms. The molecule has 0 saturated carbocycles. The molecular formula is C7H9F5LiO3PS. The normalized spacial score (nSPS) is 13.4. The number of aryl methyl sites for hydroxylation is 1. The first-order valence-corrected chi connectivity index (χ1v) is 7.02. The minimum absolute atomic E-state index is 0. The van der Waals surface area contributed by atoms with Crippen molar-refractivity contribution in [1.82, 2.24) is 0 Å².